The third-order valence-electron chi connectivity index (χ3n) is 5.06. The Morgan fingerprint density at radius 1 is 1.21 bits per heavy atom. The van der Waals surface area contributed by atoms with Gasteiger partial charge >= 0.3 is 0 Å². The lowest BCUT2D eigenvalue weighted by molar-refractivity contribution is 0.109. The highest BCUT2D eigenvalue weighted by Gasteiger charge is 2.19. The van der Waals surface area contributed by atoms with E-state index in [-0.39, 0.29) is 17.8 Å². The number of guanidine groups is 1. The molecule has 2 atom stereocenters. The molecule has 0 fully saturated rings. The minimum absolute atomic E-state index is 0.0715. The van der Waals surface area contributed by atoms with Crippen molar-refractivity contribution in [3.63, 3.8) is 0 Å². The molecule has 3 aromatic rings. The Hall–Kier alpha value is -3.19. The van der Waals surface area contributed by atoms with Crippen LogP contribution in [0.2, 0.25) is 0 Å². The molecule has 1 aromatic heterocycles. The fraction of sp³-hybridized carbons (Fsp3) is 0.273. The van der Waals surface area contributed by atoms with E-state index in [4.69, 9.17) is 9.26 Å². The molecular weight excluding hydrogens is 371 g/mol. The largest absolute Gasteiger partial charge is 0.378 e. The van der Waals surface area contributed by atoms with Crippen LogP contribution in [-0.2, 0) is 4.74 Å². The van der Waals surface area contributed by atoms with Gasteiger partial charge in [-0.2, -0.15) is 0 Å². The summed E-state index contributed by atoms with van der Waals surface area (Å²) in [6.45, 7) is 3.22. The number of anilines is 1. The monoisotopic (exact) mass is 394 g/mol. The first-order valence-corrected chi connectivity index (χ1v) is 9.53. The molecule has 2 aromatic carbocycles. The first-order valence-electron chi connectivity index (χ1n) is 9.53. The second-order valence-electron chi connectivity index (χ2n) is 6.99. The van der Waals surface area contributed by atoms with Gasteiger partial charge in [0.25, 0.3) is 0 Å². The molecule has 1 aliphatic rings. The van der Waals surface area contributed by atoms with Crippen molar-refractivity contribution >= 4 is 11.8 Å². The number of hydrogen-bond donors (Lipinski definition) is 2. The van der Waals surface area contributed by atoms with Crippen LogP contribution >= 0.6 is 0 Å². The first kappa shape index (κ1) is 19.1. The van der Waals surface area contributed by atoms with E-state index in [9.17, 15) is 4.39 Å². The van der Waals surface area contributed by atoms with Crippen molar-refractivity contribution in [2.75, 3.05) is 25.5 Å². The molecule has 6 nitrogen and oxygen atoms in total. The number of halogens is 1. The first-order chi connectivity index (χ1) is 14.1. The van der Waals surface area contributed by atoms with Crippen molar-refractivity contribution in [2.24, 2.45) is 4.99 Å². The summed E-state index contributed by atoms with van der Waals surface area (Å²) in [6, 6.07) is 16.6. The van der Waals surface area contributed by atoms with Crippen LogP contribution in [0.5, 0.6) is 0 Å². The zero-order chi connectivity index (χ0) is 20.2. The highest BCUT2D eigenvalue weighted by Crippen LogP contribution is 2.30. The molecule has 2 unspecified atom stereocenters. The summed E-state index contributed by atoms with van der Waals surface area (Å²) in [6.07, 6.45) is 0.0715. The number of ether oxygens (including phenoxy) is 1. The number of rotatable bonds is 5. The van der Waals surface area contributed by atoms with E-state index >= 15 is 0 Å². The maximum absolute atomic E-state index is 14.7. The Bertz CT molecular complexity index is 1000. The van der Waals surface area contributed by atoms with Crippen LogP contribution in [0.1, 0.15) is 24.2 Å². The van der Waals surface area contributed by atoms with Crippen molar-refractivity contribution in [1.82, 2.24) is 10.5 Å². The summed E-state index contributed by atoms with van der Waals surface area (Å²) in [5.41, 5.74) is 2.25. The standard InChI is InChI=1S/C22H23FN4O2/c1-14(16-8-9-18(19(23)10-16)15-6-4-3-5-7-15)20-11-21(27-29-20)26-22-24-12-17(28-2)13-25-22/h3-11,14,17H,12-13H2,1-2H3,(H2,24,25,26,27). The SMILES string of the molecule is COC1CN=C(Nc2cc(C(C)c3ccc(-c4ccccc4)c(F)c3)on2)NC1. The molecular formula is C22H23FN4O2. The van der Waals surface area contributed by atoms with Crippen LogP contribution < -0.4 is 10.6 Å². The van der Waals surface area contributed by atoms with Gasteiger partial charge in [-0.15, -0.1) is 0 Å². The molecule has 0 spiro atoms. The number of hydrogen-bond acceptors (Lipinski definition) is 6. The number of nitrogens with one attached hydrogen (secondary N) is 2. The Morgan fingerprint density at radius 2 is 2.03 bits per heavy atom. The molecule has 0 bridgehead atoms. The van der Waals surface area contributed by atoms with Gasteiger partial charge in [0.15, 0.2) is 11.8 Å². The zero-order valence-corrected chi connectivity index (χ0v) is 16.4. The molecule has 0 aliphatic carbocycles. The van der Waals surface area contributed by atoms with Gasteiger partial charge in [0.05, 0.1) is 12.6 Å². The van der Waals surface area contributed by atoms with Gasteiger partial charge in [-0.25, -0.2) is 4.39 Å². The second-order valence-corrected chi connectivity index (χ2v) is 6.99. The molecule has 4 rings (SSSR count). The van der Waals surface area contributed by atoms with Crippen LogP contribution in [0.4, 0.5) is 10.2 Å². The van der Waals surface area contributed by atoms with Crippen molar-refractivity contribution in [1.29, 1.82) is 0 Å². The molecule has 2 N–H and O–H groups in total. The normalized spacial score (nSPS) is 17.3. The highest BCUT2D eigenvalue weighted by atomic mass is 19.1. The molecule has 0 amide bonds. The van der Waals surface area contributed by atoms with E-state index in [0.717, 1.165) is 11.1 Å². The fourth-order valence-corrected chi connectivity index (χ4v) is 3.26. The molecule has 0 radical (unpaired) electrons. The minimum atomic E-state index is -0.258. The minimum Gasteiger partial charge on any atom is -0.378 e. The summed E-state index contributed by atoms with van der Waals surface area (Å²) in [4.78, 5) is 4.38. The summed E-state index contributed by atoms with van der Waals surface area (Å²) >= 11 is 0. The maximum Gasteiger partial charge on any atom is 0.197 e. The Kier molecular flexibility index (Phi) is 5.57. The Labute approximate surface area is 168 Å². The van der Waals surface area contributed by atoms with Gasteiger partial charge in [-0.1, -0.05) is 54.5 Å². The summed E-state index contributed by atoms with van der Waals surface area (Å²) in [5.74, 6) is 1.42. The van der Waals surface area contributed by atoms with E-state index in [1.165, 1.54) is 0 Å². The molecule has 2 heterocycles. The van der Waals surface area contributed by atoms with Crippen molar-refractivity contribution in [3.8, 4) is 11.1 Å². The van der Waals surface area contributed by atoms with Gasteiger partial charge in [0.1, 0.15) is 11.6 Å². The quantitative estimate of drug-likeness (QED) is 0.684. The maximum atomic E-state index is 14.7. The summed E-state index contributed by atoms with van der Waals surface area (Å²) in [7, 11) is 1.67. The number of nitrogens with zero attached hydrogens (tertiary/aromatic N) is 2. The van der Waals surface area contributed by atoms with E-state index < -0.39 is 0 Å². The molecule has 7 heteroatoms. The highest BCUT2D eigenvalue weighted by molar-refractivity contribution is 5.93. The average Bonchev–Trinajstić information content (AvgIpc) is 3.23. The number of benzene rings is 2. The lowest BCUT2D eigenvalue weighted by Crippen LogP contribution is -2.43. The molecule has 0 saturated carbocycles. The molecule has 0 saturated heterocycles. The van der Waals surface area contributed by atoms with E-state index in [2.05, 4.69) is 20.8 Å². The lowest BCUT2D eigenvalue weighted by atomic mass is 9.95. The number of aliphatic imine (C=N–C) groups is 1. The van der Waals surface area contributed by atoms with Crippen LogP contribution in [-0.4, -0.2) is 37.4 Å². The van der Waals surface area contributed by atoms with Gasteiger partial charge in [-0.3, -0.25) is 4.99 Å². The summed E-state index contributed by atoms with van der Waals surface area (Å²) in [5, 5.41) is 10.3. The number of methoxy groups -OCH3 is 1. The number of aromatic nitrogens is 1. The third kappa shape index (κ3) is 4.30. The van der Waals surface area contributed by atoms with Crippen LogP contribution in [0.3, 0.4) is 0 Å². The van der Waals surface area contributed by atoms with Gasteiger partial charge in [0, 0.05) is 31.2 Å². The van der Waals surface area contributed by atoms with Gasteiger partial charge < -0.3 is 19.9 Å². The van der Waals surface area contributed by atoms with E-state index in [0.29, 0.717) is 36.2 Å². The molecule has 1 aliphatic heterocycles. The van der Waals surface area contributed by atoms with Crippen molar-refractivity contribution in [2.45, 2.75) is 18.9 Å². The Balaban J connectivity index is 1.47. The smallest absolute Gasteiger partial charge is 0.197 e. The van der Waals surface area contributed by atoms with Crippen molar-refractivity contribution in [3.05, 3.63) is 71.7 Å². The predicted molar refractivity (Wildman–Crippen MR) is 111 cm³/mol. The van der Waals surface area contributed by atoms with E-state index in [1.54, 1.807) is 25.3 Å². The van der Waals surface area contributed by atoms with Gasteiger partial charge in [-0.05, 0) is 17.2 Å². The Morgan fingerprint density at radius 3 is 2.72 bits per heavy atom. The average molecular weight is 394 g/mol. The molecule has 150 valence electrons. The van der Waals surface area contributed by atoms with Crippen LogP contribution in [0.15, 0.2) is 64.1 Å². The van der Waals surface area contributed by atoms with Gasteiger partial charge in [0.2, 0.25) is 0 Å². The fourth-order valence-electron chi connectivity index (χ4n) is 3.26. The topological polar surface area (TPSA) is 71.7 Å². The third-order valence-corrected chi connectivity index (χ3v) is 5.06. The second kappa shape index (κ2) is 8.45. The van der Waals surface area contributed by atoms with Crippen LogP contribution in [0, 0.1) is 5.82 Å². The predicted octanol–water partition coefficient (Wildman–Crippen LogP) is 4.02. The lowest BCUT2D eigenvalue weighted by Gasteiger charge is -2.21. The summed E-state index contributed by atoms with van der Waals surface area (Å²) < 4.78 is 25.4. The zero-order valence-electron chi connectivity index (χ0n) is 16.4. The van der Waals surface area contributed by atoms with Crippen LogP contribution in [0.25, 0.3) is 11.1 Å². The van der Waals surface area contributed by atoms with E-state index in [1.807, 2.05) is 43.3 Å². The molecule has 29 heavy (non-hydrogen) atoms. The van der Waals surface area contributed by atoms with Crippen molar-refractivity contribution < 1.29 is 13.7 Å².